The number of ketones is 1. The van der Waals surface area contributed by atoms with Crippen LogP contribution in [0.4, 0.5) is 0 Å². The van der Waals surface area contributed by atoms with Gasteiger partial charge in [0, 0.05) is 12.4 Å². The maximum atomic E-state index is 12.4. The van der Waals surface area contributed by atoms with Crippen molar-refractivity contribution in [3.05, 3.63) is 39.5 Å². The van der Waals surface area contributed by atoms with E-state index in [4.69, 9.17) is 9.47 Å². The standard InChI is InChI=1S/C15H13NO5/c1-3-20-15(19)8-4-5-10-9(6-8)13(18)12-11(17)7-21-14(12)16(10)2/h4-6H,3,7H2,1-2H3. The number of aryl methyl sites for hydroxylation is 1. The molecule has 0 radical (unpaired) electrons. The summed E-state index contributed by atoms with van der Waals surface area (Å²) in [6, 6.07) is 4.69. The number of hydrogen-bond acceptors (Lipinski definition) is 5. The third-order valence-electron chi connectivity index (χ3n) is 3.48. The van der Waals surface area contributed by atoms with Crippen LogP contribution >= 0.6 is 0 Å². The van der Waals surface area contributed by atoms with Gasteiger partial charge in [0.2, 0.25) is 17.1 Å². The van der Waals surface area contributed by atoms with Crippen molar-refractivity contribution in [3.63, 3.8) is 0 Å². The second kappa shape index (κ2) is 4.73. The van der Waals surface area contributed by atoms with E-state index in [1.807, 2.05) is 0 Å². The number of carbonyl (C=O) groups excluding carboxylic acids is 2. The van der Waals surface area contributed by atoms with Gasteiger partial charge in [-0.2, -0.15) is 0 Å². The summed E-state index contributed by atoms with van der Waals surface area (Å²) < 4.78 is 11.8. The number of nitrogens with zero attached hydrogens (tertiary/aromatic N) is 1. The summed E-state index contributed by atoms with van der Waals surface area (Å²) in [6.07, 6.45) is 0. The lowest BCUT2D eigenvalue weighted by Gasteiger charge is -2.11. The molecule has 6 nitrogen and oxygen atoms in total. The van der Waals surface area contributed by atoms with Crippen LogP contribution in [0.3, 0.4) is 0 Å². The van der Waals surface area contributed by atoms with E-state index in [0.29, 0.717) is 10.9 Å². The summed E-state index contributed by atoms with van der Waals surface area (Å²) >= 11 is 0. The van der Waals surface area contributed by atoms with E-state index in [9.17, 15) is 14.4 Å². The van der Waals surface area contributed by atoms with Gasteiger partial charge >= 0.3 is 5.97 Å². The Labute approximate surface area is 119 Å². The molecule has 0 fully saturated rings. The molecule has 1 aromatic heterocycles. The van der Waals surface area contributed by atoms with E-state index < -0.39 is 11.4 Å². The van der Waals surface area contributed by atoms with Gasteiger partial charge in [0.15, 0.2) is 6.61 Å². The minimum Gasteiger partial charge on any atom is -0.470 e. The first-order chi connectivity index (χ1) is 10.0. The van der Waals surface area contributed by atoms with Crippen molar-refractivity contribution in [2.24, 2.45) is 7.05 Å². The van der Waals surface area contributed by atoms with Crippen molar-refractivity contribution in [2.75, 3.05) is 13.2 Å². The molecule has 0 saturated heterocycles. The summed E-state index contributed by atoms with van der Waals surface area (Å²) in [6.45, 7) is 1.84. The smallest absolute Gasteiger partial charge is 0.338 e. The zero-order chi connectivity index (χ0) is 15.1. The first-order valence-corrected chi connectivity index (χ1v) is 6.54. The number of benzene rings is 1. The minimum absolute atomic E-state index is 0.0472. The topological polar surface area (TPSA) is 74.6 Å². The van der Waals surface area contributed by atoms with Crippen molar-refractivity contribution in [3.8, 4) is 5.88 Å². The predicted octanol–water partition coefficient (Wildman–Crippen LogP) is 1.29. The van der Waals surface area contributed by atoms with Gasteiger partial charge in [-0.05, 0) is 25.1 Å². The minimum atomic E-state index is -0.496. The zero-order valence-electron chi connectivity index (χ0n) is 11.6. The van der Waals surface area contributed by atoms with Crippen molar-refractivity contribution in [1.82, 2.24) is 4.57 Å². The molecule has 6 heteroatoms. The van der Waals surface area contributed by atoms with E-state index in [2.05, 4.69) is 0 Å². The number of Topliss-reactive ketones (excluding diaryl/α,β-unsaturated/α-hetero) is 1. The summed E-state index contributed by atoms with van der Waals surface area (Å²) in [4.78, 5) is 36.0. The van der Waals surface area contributed by atoms with Crippen molar-refractivity contribution in [1.29, 1.82) is 0 Å². The van der Waals surface area contributed by atoms with Crippen molar-refractivity contribution >= 4 is 22.7 Å². The fourth-order valence-electron chi connectivity index (χ4n) is 2.48. The van der Waals surface area contributed by atoms with Crippen LogP contribution in [0.15, 0.2) is 23.0 Å². The van der Waals surface area contributed by atoms with Gasteiger partial charge in [0.1, 0.15) is 5.56 Å². The fourth-order valence-corrected chi connectivity index (χ4v) is 2.48. The average molecular weight is 287 g/mol. The number of aromatic nitrogens is 1. The van der Waals surface area contributed by atoms with Gasteiger partial charge in [0.05, 0.1) is 17.7 Å². The number of ether oxygens (including phenoxy) is 2. The lowest BCUT2D eigenvalue weighted by atomic mass is 10.1. The predicted molar refractivity (Wildman–Crippen MR) is 75.0 cm³/mol. The number of rotatable bonds is 2. The summed E-state index contributed by atoms with van der Waals surface area (Å²) in [7, 11) is 1.71. The summed E-state index contributed by atoms with van der Waals surface area (Å²) in [5.41, 5.74) is 0.520. The molecular formula is C15H13NO5. The lowest BCUT2D eigenvalue weighted by molar-refractivity contribution is 0.0526. The summed E-state index contributed by atoms with van der Waals surface area (Å²) in [5.74, 6) is -0.556. The third kappa shape index (κ3) is 1.91. The van der Waals surface area contributed by atoms with Crippen LogP contribution in [-0.2, 0) is 11.8 Å². The third-order valence-corrected chi connectivity index (χ3v) is 3.48. The Hall–Kier alpha value is -2.63. The highest BCUT2D eigenvalue weighted by Gasteiger charge is 2.29. The Kier molecular flexibility index (Phi) is 3.01. The molecule has 1 aromatic carbocycles. The fraction of sp³-hybridized carbons (Fsp3) is 0.267. The molecule has 0 atom stereocenters. The Morgan fingerprint density at radius 3 is 2.86 bits per heavy atom. The first-order valence-electron chi connectivity index (χ1n) is 6.54. The molecule has 0 spiro atoms. The van der Waals surface area contributed by atoms with E-state index in [0.717, 1.165) is 0 Å². The molecule has 3 rings (SSSR count). The van der Waals surface area contributed by atoms with Gasteiger partial charge < -0.3 is 14.0 Å². The monoisotopic (exact) mass is 287 g/mol. The van der Waals surface area contributed by atoms with E-state index in [1.54, 1.807) is 30.7 Å². The molecule has 0 saturated carbocycles. The molecular weight excluding hydrogens is 274 g/mol. The highest BCUT2D eigenvalue weighted by Crippen LogP contribution is 2.26. The lowest BCUT2D eigenvalue weighted by Crippen LogP contribution is -2.16. The largest absolute Gasteiger partial charge is 0.470 e. The van der Waals surface area contributed by atoms with Crippen LogP contribution in [0.25, 0.3) is 10.9 Å². The van der Waals surface area contributed by atoms with Crippen molar-refractivity contribution in [2.45, 2.75) is 6.92 Å². The number of carbonyl (C=O) groups is 2. The second-order valence-corrected chi connectivity index (χ2v) is 4.73. The molecule has 1 aliphatic heterocycles. The first kappa shape index (κ1) is 13.4. The second-order valence-electron chi connectivity index (χ2n) is 4.73. The van der Waals surface area contributed by atoms with Gasteiger partial charge in [-0.3, -0.25) is 9.59 Å². The van der Waals surface area contributed by atoms with Crippen LogP contribution in [0.1, 0.15) is 27.6 Å². The van der Waals surface area contributed by atoms with Crippen LogP contribution in [-0.4, -0.2) is 29.5 Å². The Morgan fingerprint density at radius 1 is 1.38 bits per heavy atom. The quantitative estimate of drug-likeness (QED) is 0.778. The molecule has 2 aromatic rings. The van der Waals surface area contributed by atoms with Crippen LogP contribution < -0.4 is 10.2 Å². The molecule has 1 aliphatic rings. The van der Waals surface area contributed by atoms with Crippen LogP contribution in [0, 0.1) is 0 Å². The van der Waals surface area contributed by atoms with E-state index in [1.165, 1.54) is 6.07 Å². The number of pyridine rings is 1. The highest BCUT2D eigenvalue weighted by atomic mass is 16.5. The highest BCUT2D eigenvalue weighted by molar-refractivity contribution is 6.05. The SMILES string of the molecule is CCOC(=O)c1ccc2c(c1)c(=O)c1c(n2C)OCC1=O. The normalized spacial score (nSPS) is 13.1. The maximum absolute atomic E-state index is 12.4. The molecule has 0 bridgehead atoms. The number of fused-ring (bicyclic) bond motifs is 2. The molecule has 21 heavy (non-hydrogen) atoms. The van der Waals surface area contributed by atoms with E-state index in [-0.39, 0.29) is 36.0 Å². The zero-order valence-corrected chi connectivity index (χ0v) is 11.6. The molecule has 0 aliphatic carbocycles. The Morgan fingerprint density at radius 2 is 2.14 bits per heavy atom. The van der Waals surface area contributed by atoms with Crippen LogP contribution in [0.2, 0.25) is 0 Å². The van der Waals surface area contributed by atoms with Gasteiger partial charge in [-0.25, -0.2) is 4.79 Å². The molecule has 0 unspecified atom stereocenters. The van der Waals surface area contributed by atoms with Crippen molar-refractivity contribution < 1.29 is 19.1 Å². The Bertz CT molecular complexity index is 834. The maximum Gasteiger partial charge on any atom is 0.338 e. The van der Waals surface area contributed by atoms with Gasteiger partial charge in [0.25, 0.3) is 0 Å². The van der Waals surface area contributed by atoms with Gasteiger partial charge in [-0.1, -0.05) is 0 Å². The molecule has 2 heterocycles. The Balaban J connectivity index is 2.30. The number of esters is 1. The van der Waals surface area contributed by atoms with Gasteiger partial charge in [-0.15, -0.1) is 0 Å². The van der Waals surface area contributed by atoms with E-state index >= 15 is 0 Å². The summed E-state index contributed by atoms with van der Waals surface area (Å²) in [5, 5.41) is 0.306. The molecule has 0 N–H and O–H groups in total. The molecule has 108 valence electrons. The average Bonchev–Trinajstić information content (AvgIpc) is 2.87. The number of hydrogen-bond donors (Lipinski definition) is 0. The van der Waals surface area contributed by atoms with Crippen LogP contribution in [0.5, 0.6) is 5.88 Å². The molecule has 0 amide bonds.